The minimum Gasteiger partial charge on any atom is -0.381 e. The minimum absolute atomic E-state index is 0.337. The Hall–Kier alpha value is -0.810. The third-order valence-corrected chi connectivity index (χ3v) is 2.79. The summed E-state index contributed by atoms with van der Waals surface area (Å²) in [5, 5.41) is 3.30. The second-order valence-electron chi connectivity index (χ2n) is 4.78. The van der Waals surface area contributed by atoms with Gasteiger partial charge in [-0.25, -0.2) is 5.84 Å². The average Bonchev–Trinajstić information content (AvgIpc) is 2.76. The Balaban J connectivity index is 2.39. The fourth-order valence-corrected chi connectivity index (χ4v) is 1.69. The van der Waals surface area contributed by atoms with E-state index in [2.05, 4.69) is 36.5 Å². The number of ether oxygens (including phenoxy) is 1. The Bertz CT molecular complexity index is 224. The van der Waals surface area contributed by atoms with Gasteiger partial charge in [0, 0.05) is 25.1 Å². The maximum atomic E-state index is 5.43. The number of hydrogen-bond acceptors (Lipinski definition) is 3. The number of hydrazine groups is 1. The van der Waals surface area contributed by atoms with Crippen LogP contribution in [-0.4, -0.2) is 31.8 Å². The lowest BCUT2D eigenvalue weighted by Crippen LogP contribution is -2.48. The summed E-state index contributed by atoms with van der Waals surface area (Å²) in [5.41, 5.74) is 2.61. The highest BCUT2D eigenvalue weighted by Gasteiger charge is 2.22. The van der Waals surface area contributed by atoms with Gasteiger partial charge in [-0.05, 0) is 19.3 Å². The van der Waals surface area contributed by atoms with Crippen LogP contribution in [0.25, 0.3) is 0 Å². The Morgan fingerprint density at radius 1 is 1.50 bits per heavy atom. The number of nitrogens with two attached hydrogens (primary N) is 1. The van der Waals surface area contributed by atoms with Crippen LogP contribution < -0.4 is 16.6 Å². The van der Waals surface area contributed by atoms with Gasteiger partial charge in [0.05, 0.1) is 6.61 Å². The number of aliphatic imine (C=N–C) groups is 1. The van der Waals surface area contributed by atoms with Crippen molar-refractivity contribution in [2.75, 3.05) is 19.8 Å². The second-order valence-corrected chi connectivity index (χ2v) is 4.78. The van der Waals surface area contributed by atoms with Gasteiger partial charge in [0.15, 0.2) is 0 Å². The number of rotatable bonds is 4. The monoisotopic (exact) mass is 228 g/mol. The average molecular weight is 228 g/mol. The van der Waals surface area contributed by atoms with Crippen molar-refractivity contribution in [1.29, 1.82) is 0 Å². The molecule has 16 heavy (non-hydrogen) atoms. The summed E-state index contributed by atoms with van der Waals surface area (Å²) in [4.78, 5) is 4.38. The Kier molecular flexibility index (Phi) is 5.55. The van der Waals surface area contributed by atoms with Gasteiger partial charge in [0.2, 0.25) is 5.96 Å². The molecule has 0 bridgehead atoms. The smallest absolute Gasteiger partial charge is 0.205 e. The maximum absolute atomic E-state index is 5.43. The van der Waals surface area contributed by atoms with E-state index in [9.17, 15) is 0 Å². The molecule has 0 saturated carbocycles. The summed E-state index contributed by atoms with van der Waals surface area (Å²) in [5.74, 6) is 7.20. The van der Waals surface area contributed by atoms with Crippen LogP contribution >= 0.6 is 0 Å². The second kappa shape index (κ2) is 6.70. The molecule has 0 aromatic carbocycles. The molecule has 0 spiro atoms. The highest BCUT2D eigenvalue weighted by Crippen LogP contribution is 2.16. The summed E-state index contributed by atoms with van der Waals surface area (Å²) in [6.45, 7) is 8.88. The van der Waals surface area contributed by atoms with Crippen LogP contribution in [0.3, 0.4) is 0 Å². The number of nitrogens with one attached hydrogen (secondary N) is 2. The van der Waals surface area contributed by atoms with Gasteiger partial charge in [-0.15, -0.1) is 0 Å². The molecule has 5 nitrogen and oxygen atoms in total. The SMILES string of the molecule is CC(C)CN=C(NN)NC(C)C1CCOC1. The quantitative estimate of drug-likeness (QED) is 0.283. The van der Waals surface area contributed by atoms with Gasteiger partial charge < -0.3 is 10.1 Å². The molecule has 1 rings (SSSR count). The van der Waals surface area contributed by atoms with E-state index in [1.165, 1.54) is 0 Å². The first-order valence-corrected chi connectivity index (χ1v) is 5.98. The van der Waals surface area contributed by atoms with Crippen molar-refractivity contribution in [3.63, 3.8) is 0 Å². The minimum atomic E-state index is 0.337. The molecule has 2 atom stereocenters. The van der Waals surface area contributed by atoms with Crippen molar-refractivity contribution in [2.24, 2.45) is 22.7 Å². The highest BCUT2D eigenvalue weighted by molar-refractivity contribution is 5.79. The van der Waals surface area contributed by atoms with Gasteiger partial charge >= 0.3 is 0 Å². The molecule has 2 unspecified atom stereocenters. The van der Waals surface area contributed by atoms with Crippen LogP contribution in [0, 0.1) is 11.8 Å². The van der Waals surface area contributed by atoms with Crippen molar-refractivity contribution < 1.29 is 4.74 Å². The Morgan fingerprint density at radius 3 is 2.75 bits per heavy atom. The Labute approximate surface area is 97.8 Å². The predicted octanol–water partition coefficient (Wildman–Crippen LogP) is 0.476. The number of nitrogens with zero attached hydrogens (tertiary/aromatic N) is 1. The molecule has 1 aliphatic rings. The molecule has 1 saturated heterocycles. The first-order valence-electron chi connectivity index (χ1n) is 5.98. The first kappa shape index (κ1) is 13.3. The molecule has 5 heteroatoms. The fourth-order valence-electron chi connectivity index (χ4n) is 1.69. The van der Waals surface area contributed by atoms with Crippen molar-refractivity contribution in [3.05, 3.63) is 0 Å². The lowest BCUT2D eigenvalue weighted by molar-refractivity contribution is 0.180. The molecule has 94 valence electrons. The molecule has 0 aromatic rings. The molecular formula is C11H24N4O. The van der Waals surface area contributed by atoms with Gasteiger partial charge in [-0.2, -0.15) is 0 Å². The van der Waals surface area contributed by atoms with Crippen LogP contribution in [-0.2, 0) is 4.74 Å². The largest absolute Gasteiger partial charge is 0.381 e. The molecule has 0 amide bonds. The third kappa shape index (κ3) is 4.37. The maximum Gasteiger partial charge on any atom is 0.205 e. The van der Waals surface area contributed by atoms with Crippen LogP contribution in [0.15, 0.2) is 4.99 Å². The molecule has 0 radical (unpaired) electrons. The summed E-state index contributed by atoms with van der Waals surface area (Å²) < 4.78 is 5.36. The van der Waals surface area contributed by atoms with E-state index in [1.807, 2.05) is 0 Å². The van der Waals surface area contributed by atoms with Crippen LogP contribution in [0.4, 0.5) is 0 Å². The number of hydrogen-bond donors (Lipinski definition) is 3. The van der Waals surface area contributed by atoms with E-state index in [0.717, 1.165) is 26.2 Å². The lowest BCUT2D eigenvalue weighted by Gasteiger charge is -2.21. The summed E-state index contributed by atoms with van der Waals surface area (Å²) in [7, 11) is 0. The number of guanidine groups is 1. The van der Waals surface area contributed by atoms with Crippen LogP contribution in [0.1, 0.15) is 27.2 Å². The fraction of sp³-hybridized carbons (Fsp3) is 0.909. The molecular weight excluding hydrogens is 204 g/mol. The van der Waals surface area contributed by atoms with Crippen molar-refractivity contribution >= 4 is 5.96 Å². The third-order valence-electron chi connectivity index (χ3n) is 2.79. The molecule has 0 aliphatic carbocycles. The van der Waals surface area contributed by atoms with Gasteiger partial charge in [0.25, 0.3) is 0 Å². The van der Waals surface area contributed by atoms with Crippen molar-refractivity contribution in [1.82, 2.24) is 10.7 Å². The molecule has 1 heterocycles. The lowest BCUT2D eigenvalue weighted by atomic mass is 10.0. The molecule has 4 N–H and O–H groups in total. The van der Waals surface area contributed by atoms with E-state index in [0.29, 0.717) is 23.8 Å². The predicted molar refractivity (Wildman–Crippen MR) is 66.0 cm³/mol. The van der Waals surface area contributed by atoms with E-state index >= 15 is 0 Å². The summed E-state index contributed by atoms with van der Waals surface area (Å²) >= 11 is 0. The Morgan fingerprint density at radius 2 is 2.25 bits per heavy atom. The first-order chi connectivity index (χ1) is 7.63. The van der Waals surface area contributed by atoms with E-state index in [1.54, 1.807) is 0 Å². The highest BCUT2D eigenvalue weighted by atomic mass is 16.5. The van der Waals surface area contributed by atoms with Gasteiger partial charge in [0.1, 0.15) is 0 Å². The molecule has 1 fully saturated rings. The van der Waals surface area contributed by atoms with Gasteiger partial charge in [-0.3, -0.25) is 10.4 Å². The van der Waals surface area contributed by atoms with E-state index in [4.69, 9.17) is 10.6 Å². The van der Waals surface area contributed by atoms with Gasteiger partial charge in [-0.1, -0.05) is 13.8 Å². The summed E-state index contributed by atoms with van der Waals surface area (Å²) in [6.07, 6.45) is 1.11. The van der Waals surface area contributed by atoms with Crippen LogP contribution in [0.2, 0.25) is 0 Å². The van der Waals surface area contributed by atoms with Crippen LogP contribution in [0.5, 0.6) is 0 Å². The summed E-state index contributed by atoms with van der Waals surface area (Å²) in [6, 6.07) is 0.337. The zero-order valence-electron chi connectivity index (χ0n) is 10.5. The normalized spacial score (nSPS) is 23.6. The van der Waals surface area contributed by atoms with Crippen molar-refractivity contribution in [2.45, 2.75) is 33.2 Å². The molecule has 0 aromatic heterocycles. The zero-order chi connectivity index (χ0) is 12.0. The van der Waals surface area contributed by atoms with E-state index < -0.39 is 0 Å². The molecule has 1 aliphatic heterocycles. The topological polar surface area (TPSA) is 71.7 Å². The standard InChI is InChI=1S/C11H24N4O/c1-8(2)6-13-11(15-12)14-9(3)10-4-5-16-7-10/h8-10H,4-7,12H2,1-3H3,(H2,13,14,15). The van der Waals surface area contributed by atoms with Crippen molar-refractivity contribution in [3.8, 4) is 0 Å². The zero-order valence-corrected chi connectivity index (χ0v) is 10.5. The van der Waals surface area contributed by atoms with E-state index in [-0.39, 0.29) is 0 Å².